The number of hydrogen-bond donors (Lipinski definition) is 1. The van der Waals surface area contributed by atoms with Crippen LogP contribution in [-0.4, -0.2) is 39.3 Å². The number of fused-ring (bicyclic) bond motifs is 3. The molecular formula is C22H24N4O. The highest BCUT2D eigenvalue weighted by molar-refractivity contribution is 6.04. The van der Waals surface area contributed by atoms with E-state index in [1.807, 2.05) is 23.6 Å². The predicted molar refractivity (Wildman–Crippen MR) is 108 cm³/mol. The molecule has 1 N–H and O–H groups in total. The SMILES string of the molecule is Cc1[nH]nc2c1c(=O)n(CC1CC1)c1ccc(C#CCN3CCCC3)cc21. The average molecular weight is 360 g/mol. The molecule has 0 unspecified atom stereocenters. The maximum atomic E-state index is 13.1. The summed E-state index contributed by atoms with van der Waals surface area (Å²) >= 11 is 0. The Morgan fingerprint density at radius 3 is 2.85 bits per heavy atom. The molecule has 5 rings (SSSR count). The number of nitrogens with zero attached hydrogens (tertiary/aromatic N) is 3. The van der Waals surface area contributed by atoms with Crippen LogP contribution in [0.25, 0.3) is 21.8 Å². The van der Waals surface area contributed by atoms with Gasteiger partial charge in [0.15, 0.2) is 0 Å². The van der Waals surface area contributed by atoms with Gasteiger partial charge in [0.25, 0.3) is 5.56 Å². The van der Waals surface area contributed by atoms with Crippen molar-refractivity contribution >= 4 is 21.8 Å². The summed E-state index contributed by atoms with van der Waals surface area (Å²) < 4.78 is 1.94. The van der Waals surface area contributed by atoms with E-state index in [1.165, 1.54) is 25.7 Å². The highest BCUT2D eigenvalue weighted by Crippen LogP contribution is 2.32. The summed E-state index contributed by atoms with van der Waals surface area (Å²) in [6, 6.07) is 6.17. The average Bonchev–Trinajstić information content (AvgIpc) is 3.17. The van der Waals surface area contributed by atoms with Crippen molar-refractivity contribution in [3.63, 3.8) is 0 Å². The molecule has 27 heavy (non-hydrogen) atoms. The minimum Gasteiger partial charge on any atom is -0.307 e. The first kappa shape index (κ1) is 16.6. The van der Waals surface area contributed by atoms with Gasteiger partial charge in [0.2, 0.25) is 0 Å². The minimum atomic E-state index is 0.0727. The molecule has 3 aromatic rings. The lowest BCUT2D eigenvalue weighted by atomic mass is 10.1. The van der Waals surface area contributed by atoms with Gasteiger partial charge in [-0.25, -0.2) is 0 Å². The lowest BCUT2D eigenvalue weighted by Gasteiger charge is -2.11. The zero-order valence-corrected chi connectivity index (χ0v) is 15.7. The second-order valence-electron chi connectivity index (χ2n) is 7.95. The number of aromatic nitrogens is 3. The Hall–Kier alpha value is -2.58. The molecule has 0 atom stereocenters. The molecule has 138 valence electrons. The van der Waals surface area contributed by atoms with Gasteiger partial charge in [-0.1, -0.05) is 11.8 Å². The van der Waals surface area contributed by atoms with Crippen LogP contribution < -0.4 is 5.56 Å². The van der Waals surface area contributed by atoms with E-state index in [4.69, 9.17) is 0 Å². The van der Waals surface area contributed by atoms with Crippen LogP contribution in [-0.2, 0) is 6.54 Å². The molecular weight excluding hydrogens is 336 g/mol. The van der Waals surface area contributed by atoms with E-state index in [0.29, 0.717) is 11.3 Å². The number of benzene rings is 1. The van der Waals surface area contributed by atoms with Crippen molar-refractivity contribution in [1.82, 2.24) is 19.7 Å². The standard InChI is InChI=1S/C22H24N4O/c1-15-20-21(24-23-15)18-13-16(5-4-12-25-10-2-3-11-25)8-9-19(18)26(22(20)27)14-17-6-7-17/h8-9,13,17H,2-3,6-7,10-12,14H2,1H3,(H,23,24). The number of hydrogen-bond acceptors (Lipinski definition) is 3. The van der Waals surface area contributed by atoms with Crippen molar-refractivity contribution in [2.45, 2.75) is 39.2 Å². The van der Waals surface area contributed by atoms with Gasteiger partial charge < -0.3 is 4.57 Å². The van der Waals surface area contributed by atoms with E-state index in [-0.39, 0.29) is 5.56 Å². The van der Waals surface area contributed by atoms with Gasteiger partial charge in [0, 0.05) is 23.2 Å². The molecule has 0 bridgehead atoms. The number of H-pyrrole nitrogens is 1. The number of nitrogens with one attached hydrogen (secondary N) is 1. The summed E-state index contributed by atoms with van der Waals surface area (Å²) in [5.74, 6) is 7.25. The lowest BCUT2D eigenvalue weighted by molar-refractivity contribution is 0.383. The van der Waals surface area contributed by atoms with Crippen LogP contribution in [0, 0.1) is 24.7 Å². The first-order chi connectivity index (χ1) is 13.2. The molecule has 2 aliphatic rings. The quantitative estimate of drug-likeness (QED) is 0.731. The molecule has 1 aromatic carbocycles. The zero-order valence-electron chi connectivity index (χ0n) is 15.7. The summed E-state index contributed by atoms with van der Waals surface area (Å²) in [5, 5.41) is 9.16. The Kier molecular flexibility index (Phi) is 4.02. The van der Waals surface area contributed by atoms with E-state index in [2.05, 4.69) is 33.0 Å². The van der Waals surface area contributed by atoms with Crippen LogP contribution in [0.15, 0.2) is 23.0 Å². The topological polar surface area (TPSA) is 53.9 Å². The number of pyridine rings is 1. The third-order valence-electron chi connectivity index (χ3n) is 5.82. The summed E-state index contributed by atoms with van der Waals surface area (Å²) in [4.78, 5) is 15.5. The highest BCUT2D eigenvalue weighted by Gasteiger charge is 2.24. The second kappa shape index (κ2) is 6.54. The Bertz CT molecular complexity index is 1130. The smallest absolute Gasteiger partial charge is 0.262 e. The molecule has 2 fully saturated rings. The van der Waals surface area contributed by atoms with E-state index in [9.17, 15) is 4.79 Å². The molecule has 1 saturated carbocycles. The number of likely N-dealkylation sites (tertiary alicyclic amines) is 1. The number of aromatic amines is 1. The Balaban J connectivity index is 1.60. The molecule has 1 aliphatic carbocycles. The first-order valence-electron chi connectivity index (χ1n) is 9.93. The van der Waals surface area contributed by atoms with Gasteiger partial charge in [-0.05, 0) is 69.8 Å². The van der Waals surface area contributed by atoms with Crippen molar-refractivity contribution < 1.29 is 0 Å². The molecule has 0 radical (unpaired) electrons. The molecule has 1 saturated heterocycles. The van der Waals surface area contributed by atoms with Crippen LogP contribution in [0.2, 0.25) is 0 Å². The van der Waals surface area contributed by atoms with Crippen molar-refractivity contribution in [2.75, 3.05) is 19.6 Å². The van der Waals surface area contributed by atoms with Gasteiger partial charge in [0.05, 0.1) is 17.4 Å². The van der Waals surface area contributed by atoms with Crippen LogP contribution >= 0.6 is 0 Å². The van der Waals surface area contributed by atoms with Crippen LogP contribution in [0.3, 0.4) is 0 Å². The Morgan fingerprint density at radius 2 is 2.07 bits per heavy atom. The highest BCUT2D eigenvalue weighted by atomic mass is 16.1. The molecule has 5 heteroatoms. The molecule has 3 heterocycles. The first-order valence-corrected chi connectivity index (χ1v) is 9.93. The fraction of sp³-hybridized carbons (Fsp3) is 0.455. The van der Waals surface area contributed by atoms with E-state index in [0.717, 1.165) is 53.9 Å². The molecule has 2 aromatic heterocycles. The van der Waals surface area contributed by atoms with Crippen molar-refractivity contribution in [3.8, 4) is 11.8 Å². The summed E-state index contributed by atoms with van der Waals surface area (Å²) in [5.41, 5.74) is 3.63. The molecule has 0 spiro atoms. The van der Waals surface area contributed by atoms with Crippen molar-refractivity contribution in [3.05, 3.63) is 39.8 Å². The van der Waals surface area contributed by atoms with Gasteiger partial charge >= 0.3 is 0 Å². The normalized spacial score (nSPS) is 17.5. The third kappa shape index (κ3) is 3.04. The second-order valence-corrected chi connectivity index (χ2v) is 7.95. The Labute approximate surface area is 158 Å². The van der Waals surface area contributed by atoms with Crippen LogP contribution in [0.4, 0.5) is 0 Å². The maximum Gasteiger partial charge on any atom is 0.262 e. The third-order valence-corrected chi connectivity index (χ3v) is 5.82. The fourth-order valence-electron chi connectivity index (χ4n) is 4.10. The van der Waals surface area contributed by atoms with Crippen LogP contribution in [0.1, 0.15) is 36.9 Å². The van der Waals surface area contributed by atoms with E-state index >= 15 is 0 Å². The Morgan fingerprint density at radius 1 is 1.26 bits per heavy atom. The molecule has 1 aliphatic heterocycles. The van der Waals surface area contributed by atoms with Crippen molar-refractivity contribution in [1.29, 1.82) is 0 Å². The maximum absolute atomic E-state index is 13.1. The monoisotopic (exact) mass is 360 g/mol. The largest absolute Gasteiger partial charge is 0.307 e. The summed E-state index contributed by atoms with van der Waals surface area (Å²) in [7, 11) is 0. The molecule has 5 nitrogen and oxygen atoms in total. The zero-order chi connectivity index (χ0) is 18.4. The van der Waals surface area contributed by atoms with Gasteiger partial charge in [-0.3, -0.25) is 14.8 Å². The number of rotatable bonds is 3. The van der Waals surface area contributed by atoms with Gasteiger partial charge in [-0.2, -0.15) is 5.10 Å². The number of aryl methyl sites for hydroxylation is 1. The molecule has 0 amide bonds. The van der Waals surface area contributed by atoms with Crippen LogP contribution in [0.5, 0.6) is 0 Å². The van der Waals surface area contributed by atoms with Gasteiger partial charge in [-0.15, -0.1) is 0 Å². The fourth-order valence-corrected chi connectivity index (χ4v) is 4.10. The van der Waals surface area contributed by atoms with Crippen molar-refractivity contribution in [2.24, 2.45) is 5.92 Å². The van der Waals surface area contributed by atoms with Gasteiger partial charge in [0.1, 0.15) is 5.52 Å². The lowest BCUT2D eigenvalue weighted by Crippen LogP contribution is -2.22. The predicted octanol–water partition coefficient (Wildman–Crippen LogP) is 3.04. The summed E-state index contributed by atoms with van der Waals surface area (Å²) in [6.07, 6.45) is 5.01. The van der Waals surface area contributed by atoms with E-state index < -0.39 is 0 Å². The summed E-state index contributed by atoms with van der Waals surface area (Å²) in [6.45, 7) is 5.87. The minimum absolute atomic E-state index is 0.0727. The van der Waals surface area contributed by atoms with E-state index in [1.54, 1.807) is 0 Å².